The molecule has 0 spiro atoms. The van der Waals surface area contributed by atoms with E-state index < -0.39 is 76.7 Å². The number of anilines is 2. The van der Waals surface area contributed by atoms with Gasteiger partial charge >= 0.3 is 6.80 Å². The zero-order valence-corrected chi connectivity index (χ0v) is 35.5. The van der Waals surface area contributed by atoms with Crippen molar-refractivity contribution in [3.63, 3.8) is 0 Å². The predicted molar refractivity (Wildman–Crippen MR) is 217 cm³/mol. The largest absolute Gasteiger partial charge is 0.389 e. The number of nitrogen functional groups attached to an aromatic ring is 2. The molecule has 27 heteroatoms. The smallest absolute Gasteiger partial charge is 0.382 e. The molecule has 21 nitrogen and oxygen atoms in total. The molecule has 7 heterocycles. The summed E-state index contributed by atoms with van der Waals surface area (Å²) >= 11 is 0.776. The Balaban J connectivity index is 1.03. The molecule has 0 unspecified atom stereocenters. The SMILES string of the molecule is B[P@]1(=O)OC[C@H]2O[C@@H](n3cnc4c(N)ncnc43)[C@H](F)[C@@H]2O[P@@](=O)(SCc2ccc(COCCOCCOCC)cc2)OC[C@H]2O[C@@H](n3cnc4c(N)ncnc43)[C@H](F)[C@@H]2O1. The third kappa shape index (κ3) is 9.78. The molecule has 4 N–H and O–H groups in total. The van der Waals surface area contributed by atoms with Gasteiger partial charge in [-0.25, -0.2) is 43.2 Å². The molecule has 5 aromatic rings. The zero-order chi connectivity index (χ0) is 42.7. The number of alkyl halides is 2. The van der Waals surface area contributed by atoms with E-state index >= 15 is 8.78 Å². The van der Waals surface area contributed by atoms with E-state index in [0.29, 0.717) is 39.6 Å². The topological polar surface area (TPSA) is 256 Å². The second-order valence-corrected chi connectivity index (χ2v) is 20.1. The Morgan fingerprint density at radius 1 is 0.754 bits per heavy atom. The third-order valence-electron chi connectivity index (χ3n) is 9.92. The van der Waals surface area contributed by atoms with Crippen molar-refractivity contribution in [3.05, 3.63) is 60.7 Å². The molecule has 8 rings (SSSR count). The van der Waals surface area contributed by atoms with E-state index in [-0.39, 0.29) is 39.7 Å². The molecule has 61 heavy (non-hydrogen) atoms. The Kier molecular flexibility index (Phi) is 13.6. The summed E-state index contributed by atoms with van der Waals surface area (Å²) in [6, 6.07) is 7.35. The molecule has 3 saturated heterocycles. The van der Waals surface area contributed by atoms with Gasteiger partial charge in [0.05, 0.1) is 58.9 Å². The molecule has 0 saturated carbocycles. The van der Waals surface area contributed by atoms with Crippen LogP contribution >= 0.6 is 25.7 Å². The first-order valence-electron chi connectivity index (χ1n) is 19.2. The number of hydrogen-bond acceptors (Lipinski definition) is 20. The number of ether oxygens (including phenoxy) is 5. The lowest BCUT2D eigenvalue weighted by Crippen LogP contribution is -2.37. The van der Waals surface area contributed by atoms with Crippen LogP contribution in [0.1, 0.15) is 30.5 Å². The third-order valence-corrected chi connectivity index (χ3v) is 14.8. The Hall–Kier alpha value is -3.71. The van der Waals surface area contributed by atoms with Gasteiger partial charge in [-0.1, -0.05) is 24.3 Å². The van der Waals surface area contributed by atoms with Crippen LogP contribution in [0.3, 0.4) is 0 Å². The van der Waals surface area contributed by atoms with Gasteiger partial charge in [0.1, 0.15) is 48.1 Å². The van der Waals surface area contributed by atoms with Gasteiger partial charge in [0, 0.05) is 12.4 Å². The van der Waals surface area contributed by atoms with Crippen molar-refractivity contribution in [2.45, 2.75) is 68.5 Å². The number of hydrogen-bond donors (Lipinski definition) is 2. The Morgan fingerprint density at radius 2 is 1.28 bits per heavy atom. The van der Waals surface area contributed by atoms with Crippen LogP contribution in [-0.4, -0.2) is 130 Å². The summed E-state index contributed by atoms with van der Waals surface area (Å²) in [5.41, 5.74) is 14.3. The number of nitrogens with zero attached hydrogens (tertiary/aromatic N) is 8. The highest BCUT2D eigenvalue weighted by molar-refractivity contribution is 8.54. The van der Waals surface area contributed by atoms with E-state index in [2.05, 4.69) is 29.9 Å². The average Bonchev–Trinajstić information content (AvgIpc) is 4.02. The molecule has 10 atom stereocenters. The molecule has 0 radical (unpaired) electrons. The number of aromatic nitrogens is 8. The lowest BCUT2D eigenvalue weighted by atomic mass is 10.1. The Bertz CT molecular complexity index is 2390. The van der Waals surface area contributed by atoms with Gasteiger partial charge in [-0.15, -0.1) is 0 Å². The van der Waals surface area contributed by atoms with Gasteiger partial charge < -0.3 is 44.2 Å². The molecule has 0 amide bonds. The van der Waals surface area contributed by atoms with Crippen molar-refractivity contribution >= 4 is 67.2 Å². The average molecular weight is 911 g/mol. The van der Waals surface area contributed by atoms with E-state index in [0.717, 1.165) is 30.1 Å². The number of nitrogens with two attached hydrogens (primary N) is 2. The Morgan fingerprint density at radius 3 is 1.87 bits per heavy atom. The standard InChI is InChI=1S/C34H43BF2N10O11P2S/c1-2-50-7-8-51-9-10-52-11-19-3-5-20(6-4-19)14-61-60(49)54-13-22-27(23(36)33(56-22)46-17-44-25-29(38)40-15-42-31(25)46)57-59(35,48)53-12-21-28(58-60)24(37)34(55-21)47-18-45-26-30(39)41-16-43-32(26)47/h3-6,15-18,21-24,27-28,33-34H,2,7-14,35H2,1H3,(H2,38,40,42)(H2,39,41,43)/t21-,22-,23-,24-,27-,28-,33-,34-,59+,60+/m1/s1. The quantitative estimate of drug-likeness (QED) is 0.0918. The summed E-state index contributed by atoms with van der Waals surface area (Å²) in [6.45, 7) is -0.927. The van der Waals surface area contributed by atoms with Crippen LogP contribution in [0.25, 0.3) is 22.3 Å². The van der Waals surface area contributed by atoms with Gasteiger partial charge in [0.25, 0.3) is 15.0 Å². The molecule has 3 aliphatic rings. The van der Waals surface area contributed by atoms with Crippen molar-refractivity contribution in [2.75, 3.05) is 57.7 Å². The molecular weight excluding hydrogens is 867 g/mol. The summed E-state index contributed by atoms with van der Waals surface area (Å²) in [7, 11) is -3.03. The van der Waals surface area contributed by atoms with Crippen LogP contribution in [-0.2, 0) is 63.3 Å². The second-order valence-electron chi connectivity index (χ2n) is 14.1. The fourth-order valence-corrected chi connectivity index (χ4v) is 11.5. The predicted octanol–water partition coefficient (Wildman–Crippen LogP) is 3.47. The normalized spacial score (nSPS) is 30.9. The number of halogens is 2. The number of fused-ring (bicyclic) bond motifs is 4. The number of imidazole rings is 2. The van der Waals surface area contributed by atoms with E-state index in [1.54, 1.807) is 0 Å². The molecule has 0 bridgehead atoms. The number of benzene rings is 1. The lowest BCUT2D eigenvalue weighted by molar-refractivity contribution is -0.0546. The van der Waals surface area contributed by atoms with Crippen molar-refractivity contribution < 1.29 is 59.7 Å². The van der Waals surface area contributed by atoms with Gasteiger partial charge in [-0.2, -0.15) is 0 Å². The maximum atomic E-state index is 16.8. The summed E-state index contributed by atoms with van der Waals surface area (Å²) < 4.78 is 117. The van der Waals surface area contributed by atoms with Gasteiger partial charge in [0.15, 0.2) is 47.7 Å². The van der Waals surface area contributed by atoms with E-state index in [1.165, 1.54) is 34.4 Å². The highest BCUT2D eigenvalue weighted by atomic mass is 32.7. The fourth-order valence-electron chi connectivity index (χ4n) is 6.90. The van der Waals surface area contributed by atoms with Crippen LogP contribution < -0.4 is 11.5 Å². The van der Waals surface area contributed by atoms with Crippen LogP contribution in [0.5, 0.6) is 0 Å². The first kappa shape index (κ1) is 43.9. The van der Waals surface area contributed by atoms with Crippen LogP contribution in [0.2, 0.25) is 0 Å². The monoisotopic (exact) mass is 910 g/mol. The fraction of sp³-hybridized carbons (Fsp3) is 0.529. The lowest BCUT2D eigenvalue weighted by Gasteiger charge is -2.30. The van der Waals surface area contributed by atoms with Crippen molar-refractivity contribution in [1.82, 2.24) is 39.0 Å². The van der Waals surface area contributed by atoms with Gasteiger partial charge in [-0.3, -0.25) is 22.7 Å². The molecule has 4 aromatic heterocycles. The zero-order valence-electron chi connectivity index (χ0n) is 32.9. The maximum Gasteiger partial charge on any atom is 0.389 e. The second kappa shape index (κ2) is 19.0. The minimum absolute atomic E-state index is 0.0562. The summed E-state index contributed by atoms with van der Waals surface area (Å²) in [4.78, 5) is 24.6. The number of rotatable bonds is 14. The minimum Gasteiger partial charge on any atom is -0.382 e. The van der Waals surface area contributed by atoms with Crippen LogP contribution in [0, 0.1) is 0 Å². The van der Waals surface area contributed by atoms with Gasteiger partial charge in [-0.05, 0) is 29.4 Å². The highest BCUT2D eigenvalue weighted by Gasteiger charge is 2.54. The van der Waals surface area contributed by atoms with Crippen molar-refractivity contribution in [2.24, 2.45) is 0 Å². The molecule has 0 aliphatic carbocycles. The molecule has 3 aliphatic heterocycles. The molecule has 1 aromatic carbocycles. The summed E-state index contributed by atoms with van der Waals surface area (Å²) in [6.07, 6.45) is -7.90. The minimum atomic E-state index is -4.43. The van der Waals surface area contributed by atoms with E-state index in [9.17, 15) is 9.13 Å². The molecule has 328 valence electrons. The highest BCUT2D eigenvalue weighted by Crippen LogP contribution is 2.65. The van der Waals surface area contributed by atoms with Crippen molar-refractivity contribution in [3.8, 4) is 0 Å². The maximum absolute atomic E-state index is 16.8. The summed E-state index contributed by atoms with van der Waals surface area (Å²) in [5, 5.41) is 0. The first-order chi connectivity index (χ1) is 29.4. The van der Waals surface area contributed by atoms with Crippen molar-refractivity contribution in [1.29, 1.82) is 0 Å². The Labute approximate surface area is 352 Å². The summed E-state index contributed by atoms with van der Waals surface area (Å²) in [5.74, 6) is 0.193. The van der Waals surface area contributed by atoms with E-state index in [1.807, 2.05) is 31.2 Å². The molecule has 3 fully saturated rings. The van der Waals surface area contributed by atoms with Gasteiger partial charge in [0.2, 0.25) is 0 Å². The first-order valence-corrected chi connectivity index (χ1v) is 24.3. The van der Waals surface area contributed by atoms with Crippen LogP contribution in [0.4, 0.5) is 20.4 Å². The molecular formula is C34H43BF2N10O11P2S. The van der Waals surface area contributed by atoms with E-state index in [4.69, 9.17) is 53.2 Å². The van der Waals surface area contributed by atoms with Crippen LogP contribution in [0.15, 0.2) is 49.6 Å².